The summed E-state index contributed by atoms with van der Waals surface area (Å²) in [5, 5.41) is 10.3. The van der Waals surface area contributed by atoms with Gasteiger partial charge in [0.15, 0.2) is 5.82 Å². The summed E-state index contributed by atoms with van der Waals surface area (Å²) in [6.07, 6.45) is 0.735. The second-order valence-electron chi connectivity index (χ2n) is 5.32. The van der Waals surface area contributed by atoms with Gasteiger partial charge in [-0.25, -0.2) is 8.78 Å². The van der Waals surface area contributed by atoms with E-state index in [0.717, 1.165) is 17.0 Å². The number of aliphatic hydroxyl groups is 1. The van der Waals surface area contributed by atoms with Crippen LogP contribution in [-0.4, -0.2) is 48.3 Å². The van der Waals surface area contributed by atoms with Crippen LogP contribution in [0.25, 0.3) is 0 Å². The SMILES string of the molecule is CN(CC1(O)CCOCC1)C(=O)c1c(F)ccc(N)c1F. The fourth-order valence-corrected chi connectivity index (χ4v) is 2.38. The topological polar surface area (TPSA) is 75.8 Å². The fourth-order valence-electron chi connectivity index (χ4n) is 2.38. The summed E-state index contributed by atoms with van der Waals surface area (Å²) in [5.41, 5.74) is 3.26. The Hall–Kier alpha value is -1.73. The molecule has 1 aliphatic heterocycles. The van der Waals surface area contributed by atoms with Crippen LogP contribution < -0.4 is 5.73 Å². The molecule has 0 unspecified atom stereocenters. The number of ether oxygens (including phenoxy) is 1. The Balaban J connectivity index is 2.18. The molecule has 1 fully saturated rings. The van der Waals surface area contributed by atoms with E-state index in [4.69, 9.17) is 10.5 Å². The average molecular weight is 300 g/mol. The Labute approximate surface area is 121 Å². The monoisotopic (exact) mass is 300 g/mol. The van der Waals surface area contributed by atoms with Gasteiger partial charge < -0.3 is 20.5 Å². The van der Waals surface area contributed by atoms with Crippen LogP contribution in [0, 0.1) is 11.6 Å². The number of carbonyl (C=O) groups excluding carboxylic acids is 1. The molecule has 1 aromatic carbocycles. The highest BCUT2D eigenvalue weighted by molar-refractivity contribution is 5.95. The van der Waals surface area contributed by atoms with Gasteiger partial charge in [-0.1, -0.05) is 0 Å². The largest absolute Gasteiger partial charge is 0.396 e. The highest BCUT2D eigenvalue weighted by Crippen LogP contribution is 2.24. The summed E-state index contributed by atoms with van der Waals surface area (Å²) >= 11 is 0. The molecule has 0 atom stereocenters. The van der Waals surface area contributed by atoms with Crippen molar-refractivity contribution in [1.82, 2.24) is 4.90 Å². The molecule has 1 aromatic rings. The highest BCUT2D eigenvalue weighted by atomic mass is 19.1. The molecule has 0 spiro atoms. The van der Waals surface area contributed by atoms with E-state index in [2.05, 4.69) is 0 Å². The lowest BCUT2D eigenvalue weighted by atomic mass is 9.93. The van der Waals surface area contributed by atoms with Crippen molar-refractivity contribution in [3.05, 3.63) is 29.3 Å². The van der Waals surface area contributed by atoms with Gasteiger partial charge in [0, 0.05) is 39.6 Å². The van der Waals surface area contributed by atoms with E-state index in [-0.39, 0.29) is 12.2 Å². The van der Waals surface area contributed by atoms with Gasteiger partial charge in [0.05, 0.1) is 11.3 Å². The van der Waals surface area contributed by atoms with Crippen molar-refractivity contribution >= 4 is 11.6 Å². The summed E-state index contributed by atoms with van der Waals surface area (Å²) in [4.78, 5) is 13.3. The van der Waals surface area contributed by atoms with Crippen LogP contribution in [0.4, 0.5) is 14.5 Å². The number of nitrogens with zero attached hydrogens (tertiary/aromatic N) is 1. The molecule has 21 heavy (non-hydrogen) atoms. The first-order valence-electron chi connectivity index (χ1n) is 6.63. The van der Waals surface area contributed by atoms with Gasteiger partial charge in [-0.3, -0.25) is 4.79 Å². The number of amides is 1. The van der Waals surface area contributed by atoms with Crippen LogP contribution >= 0.6 is 0 Å². The Morgan fingerprint density at radius 3 is 2.67 bits per heavy atom. The molecule has 7 heteroatoms. The van der Waals surface area contributed by atoms with Crippen LogP contribution in [0.2, 0.25) is 0 Å². The van der Waals surface area contributed by atoms with Crippen LogP contribution in [0.5, 0.6) is 0 Å². The second-order valence-corrected chi connectivity index (χ2v) is 5.32. The van der Waals surface area contributed by atoms with E-state index in [0.29, 0.717) is 26.1 Å². The van der Waals surface area contributed by atoms with E-state index < -0.39 is 28.7 Å². The average Bonchev–Trinajstić information content (AvgIpc) is 2.43. The molecule has 2 rings (SSSR count). The maximum atomic E-state index is 13.9. The van der Waals surface area contributed by atoms with Crippen LogP contribution in [0.1, 0.15) is 23.2 Å². The zero-order valence-electron chi connectivity index (χ0n) is 11.7. The lowest BCUT2D eigenvalue weighted by Gasteiger charge is -2.35. The van der Waals surface area contributed by atoms with Gasteiger partial charge >= 0.3 is 0 Å². The van der Waals surface area contributed by atoms with Crippen molar-refractivity contribution < 1.29 is 23.4 Å². The van der Waals surface area contributed by atoms with Gasteiger partial charge in [-0.15, -0.1) is 0 Å². The van der Waals surface area contributed by atoms with E-state index in [9.17, 15) is 18.7 Å². The molecule has 1 aliphatic rings. The summed E-state index contributed by atoms with van der Waals surface area (Å²) in [7, 11) is 1.39. The third-order valence-electron chi connectivity index (χ3n) is 3.64. The smallest absolute Gasteiger partial charge is 0.259 e. The first-order valence-corrected chi connectivity index (χ1v) is 6.63. The molecule has 1 saturated heterocycles. The Kier molecular flexibility index (Phi) is 4.43. The molecule has 116 valence electrons. The molecule has 0 aliphatic carbocycles. The summed E-state index contributed by atoms with van der Waals surface area (Å²) in [6, 6.07) is 2.01. The number of anilines is 1. The predicted molar refractivity (Wildman–Crippen MR) is 72.7 cm³/mol. The molecular formula is C14H18F2N2O3. The number of hydrogen-bond donors (Lipinski definition) is 2. The number of hydrogen-bond acceptors (Lipinski definition) is 4. The van der Waals surface area contributed by atoms with Crippen LogP contribution in [0.15, 0.2) is 12.1 Å². The van der Waals surface area contributed by atoms with Gasteiger partial charge in [0.25, 0.3) is 5.91 Å². The van der Waals surface area contributed by atoms with E-state index in [1.54, 1.807) is 0 Å². The number of halogens is 2. The number of carbonyl (C=O) groups is 1. The fraction of sp³-hybridized carbons (Fsp3) is 0.500. The van der Waals surface area contributed by atoms with Crippen molar-refractivity contribution in [2.75, 3.05) is 32.5 Å². The lowest BCUT2D eigenvalue weighted by molar-refractivity contribution is -0.0735. The number of benzene rings is 1. The minimum Gasteiger partial charge on any atom is -0.396 e. The van der Waals surface area contributed by atoms with E-state index in [1.807, 2.05) is 0 Å². The lowest BCUT2D eigenvalue weighted by Crippen LogP contribution is -2.47. The first kappa shape index (κ1) is 15.7. The predicted octanol–water partition coefficient (Wildman–Crippen LogP) is 1.16. The molecule has 1 heterocycles. The summed E-state index contributed by atoms with van der Waals surface area (Å²) in [5.74, 6) is -2.90. The normalized spacial score (nSPS) is 17.5. The van der Waals surface area contributed by atoms with E-state index >= 15 is 0 Å². The van der Waals surface area contributed by atoms with Crippen molar-refractivity contribution in [3.63, 3.8) is 0 Å². The molecule has 0 radical (unpaired) electrons. The third kappa shape index (κ3) is 3.30. The molecule has 1 amide bonds. The van der Waals surface area contributed by atoms with Gasteiger partial charge in [0.1, 0.15) is 11.4 Å². The van der Waals surface area contributed by atoms with Crippen molar-refractivity contribution in [2.45, 2.75) is 18.4 Å². The second kappa shape index (κ2) is 5.95. The number of likely N-dealkylation sites (N-methyl/N-ethyl adjacent to an activating group) is 1. The quantitative estimate of drug-likeness (QED) is 0.821. The van der Waals surface area contributed by atoms with Gasteiger partial charge in [-0.05, 0) is 12.1 Å². The zero-order chi connectivity index (χ0) is 15.6. The Bertz CT molecular complexity index is 545. The Morgan fingerprint density at radius 1 is 1.43 bits per heavy atom. The number of rotatable bonds is 3. The van der Waals surface area contributed by atoms with Crippen LogP contribution in [-0.2, 0) is 4.74 Å². The molecule has 0 bridgehead atoms. The zero-order valence-corrected chi connectivity index (χ0v) is 11.7. The van der Waals surface area contributed by atoms with Crippen molar-refractivity contribution in [2.24, 2.45) is 0 Å². The maximum Gasteiger partial charge on any atom is 0.259 e. The minimum absolute atomic E-state index is 0.0249. The molecule has 0 saturated carbocycles. The third-order valence-corrected chi connectivity index (χ3v) is 3.64. The summed E-state index contributed by atoms with van der Waals surface area (Å²) < 4.78 is 32.7. The van der Waals surface area contributed by atoms with Gasteiger partial charge in [-0.2, -0.15) is 0 Å². The number of nitrogens with two attached hydrogens (primary N) is 1. The maximum absolute atomic E-state index is 13.9. The number of nitrogen functional groups attached to an aromatic ring is 1. The summed E-state index contributed by atoms with van der Waals surface area (Å²) in [6.45, 7) is 0.752. The van der Waals surface area contributed by atoms with Crippen LogP contribution in [0.3, 0.4) is 0 Å². The Morgan fingerprint density at radius 2 is 2.05 bits per heavy atom. The molecule has 5 nitrogen and oxygen atoms in total. The first-order chi connectivity index (χ1) is 9.84. The molecular weight excluding hydrogens is 282 g/mol. The standard InChI is InChI=1S/C14H18F2N2O3/c1-18(8-14(20)4-6-21-7-5-14)13(19)11-9(15)2-3-10(17)12(11)16/h2-3,20H,4-8,17H2,1H3. The van der Waals surface area contributed by atoms with Gasteiger partial charge in [0.2, 0.25) is 0 Å². The van der Waals surface area contributed by atoms with Crippen molar-refractivity contribution in [1.29, 1.82) is 0 Å². The molecule has 3 N–H and O–H groups in total. The highest BCUT2D eigenvalue weighted by Gasteiger charge is 2.33. The molecule has 0 aromatic heterocycles. The van der Waals surface area contributed by atoms with E-state index in [1.165, 1.54) is 7.05 Å². The minimum atomic E-state index is -1.10. The van der Waals surface area contributed by atoms with Crippen molar-refractivity contribution in [3.8, 4) is 0 Å².